The average molecular weight is 211 g/mol. The van der Waals surface area contributed by atoms with Crippen molar-refractivity contribution in [1.82, 2.24) is 9.97 Å². The second-order valence-electron chi connectivity index (χ2n) is 3.69. The fraction of sp³-hybridized carbons (Fsp3) is 0.556. The topological polar surface area (TPSA) is 89.2 Å². The second-order valence-corrected chi connectivity index (χ2v) is 3.69. The number of aliphatic hydroxyl groups is 1. The number of rotatable bonds is 1. The zero-order valence-corrected chi connectivity index (χ0v) is 8.19. The fourth-order valence-electron chi connectivity index (χ4n) is 1.73. The van der Waals surface area contributed by atoms with Gasteiger partial charge in [0.2, 0.25) is 0 Å². The Balaban J connectivity index is 2.22. The van der Waals surface area contributed by atoms with E-state index in [0.29, 0.717) is 31.7 Å². The van der Waals surface area contributed by atoms with E-state index in [-0.39, 0.29) is 6.10 Å². The maximum atomic E-state index is 11.1. The van der Waals surface area contributed by atoms with Crippen LogP contribution in [0.25, 0.3) is 0 Å². The number of nitrogens with zero attached hydrogens (tertiary/aromatic N) is 1. The summed E-state index contributed by atoms with van der Waals surface area (Å²) in [6.45, 7) is 1.31. The van der Waals surface area contributed by atoms with Crippen molar-refractivity contribution >= 4 is 5.82 Å². The quantitative estimate of drug-likeness (QED) is 0.557. The van der Waals surface area contributed by atoms with Crippen molar-refractivity contribution in [3.8, 4) is 0 Å². The Labute approximate surface area is 85.6 Å². The minimum atomic E-state index is -0.497. The lowest BCUT2D eigenvalue weighted by atomic mass is 10.1. The number of hydrogen-bond donors (Lipinski definition) is 3. The first-order chi connectivity index (χ1) is 7.15. The molecule has 1 fully saturated rings. The van der Waals surface area contributed by atoms with Gasteiger partial charge in [0.05, 0.1) is 6.10 Å². The van der Waals surface area contributed by atoms with Crippen molar-refractivity contribution in [3.05, 3.63) is 26.9 Å². The Bertz CT molecular complexity index is 414. The lowest BCUT2D eigenvalue weighted by Gasteiger charge is -2.30. The minimum absolute atomic E-state index is 0.269. The summed E-state index contributed by atoms with van der Waals surface area (Å²) < 4.78 is 0. The van der Waals surface area contributed by atoms with Crippen LogP contribution >= 0.6 is 0 Å². The number of hydrogen-bond acceptors (Lipinski definition) is 4. The van der Waals surface area contributed by atoms with Gasteiger partial charge in [-0.05, 0) is 12.8 Å². The molecule has 82 valence electrons. The Morgan fingerprint density at radius 3 is 2.53 bits per heavy atom. The highest BCUT2D eigenvalue weighted by atomic mass is 16.3. The molecule has 15 heavy (non-hydrogen) atoms. The largest absolute Gasteiger partial charge is 0.393 e. The average Bonchev–Trinajstić information content (AvgIpc) is 2.17. The monoisotopic (exact) mass is 211 g/mol. The summed E-state index contributed by atoms with van der Waals surface area (Å²) in [7, 11) is 0. The minimum Gasteiger partial charge on any atom is -0.393 e. The fourth-order valence-corrected chi connectivity index (χ4v) is 1.73. The molecule has 0 saturated carbocycles. The summed E-state index contributed by atoms with van der Waals surface area (Å²) in [6, 6.07) is 1.36. The van der Waals surface area contributed by atoms with E-state index in [1.807, 2.05) is 4.90 Å². The van der Waals surface area contributed by atoms with Crippen LogP contribution in [0.15, 0.2) is 15.7 Å². The van der Waals surface area contributed by atoms with Gasteiger partial charge in [-0.25, -0.2) is 4.79 Å². The molecule has 0 radical (unpaired) electrons. The molecule has 0 aromatic carbocycles. The first-order valence-corrected chi connectivity index (χ1v) is 4.92. The third-order valence-electron chi connectivity index (χ3n) is 2.55. The molecule has 0 bridgehead atoms. The van der Waals surface area contributed by atoms with Gasteiger partial charge >= 0.3 is 5.69 Å². The van der Waals surface area contributed by atoms with Gasteiger partial charge in [-0.1, -0.05) is 0 Å². The number of aromatic amines is 2. The molecule has 1 aromatic heterocycles. The predicted molar refractivity (Wildman–Crippen MR) is 55.1 cm³/mol. The zero-order valence-electron chi connectivity index (χ0n) is 8.19. The number of H-pyrrole nitrogens is 2. The summed E-state index contributed by atoms with van der Waals surface area (Å²) in [5.74, 6) is 0.524. The molecule has 0 unspecified atom stereocenters. The van der Waals surface area contributed by atoms with Gasteiger partial charge in [0.15, 0.2) is 0 Å². The second kappa shape index (κ2) is 3.90. The molecule has 6 heteroatoms. The van der Waals surface area contributed by atoms with Crippen molar-refractivity contribution in [3.63, 3.8) is 0 Å². The molecular formula is C9H13N3O3. The maximum absolute atomic E-state index is 11.1. The Hall–Kier alpha value is -1.56. The van der Waals surface area contributed by atoms with Gasteiger partial charge in [0, 0.05) is 19.2 Å². The first kappa shape index (κ1) is 9.97. The van der Waals surface area contributed by atoms with Crippen LogP contribution in [0.1, 0.15) is 12.8 Å². The summed E-state index contributed by atoms with van der Waals surface area (Å²) in [5, 5.41) is 9.32. The molecule has 3 N–H and O–H groups in total. The van der Waals surface area contributed by atoms with Crippen LogP contribution < -0.4 is 16.1 Å². The molecule has 2 rings (SSSR count). The van der Waals surface area contributed by atoms with Gasteiger partial charge in [0.25, 0.3) is 5.56 Å². The molecule has 0 atom stereocenters. The maximum Gasteiger partial charge on any atom is 0.327 e. The van der Waals surface area contributed by atoms with Crippen LogP contribution in [0.4, 0.5) is 5.82 Å². The molecule has 0 spiro atoms. The lowest BCUT2D eigenvalue weighted by Crippen LogP contribution is -2.38. The number of aliphatic hydroxyl groups excluding tert-OH is 1. The highest BCUT2D eigenvalue weighted by Crippen LogP contribution is 2.14. The van der Waals surface area contributed by atoms with Gasteiger partial charge in [0.1, 0.15) is 5.82 Å². The molecule has 1 aliphatic heterocycles. The number of anilines is 1. The Morgan fingerprint density at radius 1 is 1.27 bits per heavy atom. The van der Waals surface area contributed by atoms with E-state index in [2.05, 4.69) is 9.97 Å². The van der Waals surface area contributed by atoms with Crippen LogP contribution in [-0.4, -0.2) is 34.3 Å². The SMILES string of the molecule is O=c1cc(N2CCC(O)CC2)[nH]c(=O)[nH]1. The molecule has 1 aromatic rings. The molecule has 2 heterocycles. The molecule has 0 aliphatic carbocycles. The molecule has 1 aliphatic rings. The van der Waals surface area contributed by atoms with Crippen LogP contribution in [0.2, 0.25) is 0 Å². The predicted octanol–water partition coefficient (Wildman–Crippen LogP) is -0.976. The van der Waals surface area contributed by atoms with Crippen molar-refractivity contribution in [2.45, 2.75) is 18.9 Å². The zero-order chi connectivity index (χ0) is 10.8. The van der Waals surface area contributed by atoms with Crippen molar-refractivity contribution in [2.24, 2.45) is 0 Å². The van der Waals surface area contributed by atoms with Gasteiger partial charge in [-0.15, -0.1) is 0 Å². The van der Waals surface area contributed by atoms with E-state index in [4.69, 9.17) is 0 Å². The summed E-state index contributed by atoms with van der Waals surface area (Å²) in [4.78, 5) is 28.7. The number of piperidine rings is 1. The van der Waals surface area contributed by atoms with E-state index in [0.717, 1.165) is 0 Å². The third-order valence-corrected chi connectivity index (χ3v) is 2.55. The molecular weight excluding hydrogens is 198 g/mol. The van der Waals surface area contributed by atoms with Crippen LogP contribution in [-0.2, 0) is 0 Å². The number of nitrogens with one attached hydrogen (secondary N) is 2. The Kier molecular flexibility index (Phi) is 2.59. The van der Waals surface area contributed by atoms with E-state index in [1.165, 1.54) is 6.07 Å². The normalized spacial score (nSPS) is 18.1. The molecule has 1 saturated heterocycles. The first-order valence-electron chi connectivity index (χ1n) is 4.92. The summed E-state index contributed by atoms with van der Waals surface area (Å²) >= 11 is 0. The molecule has 0 amide bonds. The van der Waals surface area contributed by atoms with Gasteiger partial charge in [-0.3, -0.25) is 14.8 Å². The smallest absolute Gasteiger partial charge is 0.327 e. The van der Waals surface area contributed by atoms with Crippen molar-refractivity contribution < 1.29 is 5.11 Å². The van der Waals surface area contributed by atoms with Gasteiger partial charge in [-0.2, -0.15) is 0 Å². The Morgan fingerprint density at radius 2 is 1.93 bits per heavy atom. The van der Waals surface area contributed by atoms with Crippen LogP contribution in [0.5, 0.6) is 0 Å². The van der Waals surface area contributed by atoms with E-state index in [9.17, 15) is 14.7 Å². The van der Waals surface area contributed by atoms with Crippen LogP contribution in [0.3, 0.4) is 0 Å². The lowest BCUT2D eigenvalue weighted by molar-refractivity contribution is 0.145. The highest BCUT2D eigenvalue weighted by molar-refractivity contribution is 5.36. The summed E-state index contributed by atoms with van der Waals surface area (Å²) in [5.41, 5.74) is -0.900. The third kappa shape index (κ3) is 2.27. The van der Waals surface area contributed by atoms with Gasteiger partial charge < -0.3 is 10.0 Å². The number of aromatic nitrogens is 2. The highest BCUT2D eigenvalue weighted by Gasteiger charge is 2.17. The van der Waals surface area contributed by atoms with Crippen molar-refractivity contribution in [2.75, 3.05) is 18.0 Å². The standard InChI is InChI=1S/C9H13N3O3/c13-6-1-3-12(4-2-6)7-5-8(14)11-9(15)10-7/h5-6,13H,1-4H2,(H2,10,11,14,15). The molecule has 6 nitrogen and oxygen atoms in total. The van der Waals surface area contributed by atoms with E-state index in [1.54, 1.807) is 0 Å². The van der Waals surface area contributed by atoms with Crippen molar-refractivity contribution in [1.29, 1.82) is 0 Å². The summed E-state index contributed by atoms with van der Waals surface area (Å²) in [6.07, 6.45) is 1.05. The van der Waals surface area contributed by atoms with E-state index >= 15 is 0 Å². The van der Waals surface area contributed by atoms with E-state index < -0.39 is 11.2 Å². The van der Waals surface area contributed by atoms with Crippen LogP contribution in [0, 0.1) is 0 Å².